The Hall–Kier alpha value is -2.39. The van der Waals surface area contributed by atoms with E-state index in [-0.39, 0.29) is 24.0 Å². The normalized spacial score (nSPS) is 10.1. The van der Waals surface area contributed by atoms with Crippen LogP contribution < -0.4 is 21.7 Å². The molecular weight excluding hydrogens is 325 g/mol. The van der Waals surface area contributed by atoms with Crippen molar-refractivity contribution in [1.82, 2.24) is 0 Å². The highest BCUT2D eigenvalue weighted by Crippen LogP contribution is 2.30. The number of aryl methyl sites for hydroxylation is 2. The zero-order valence-corrected chi connectivity index (χ0v) is 14.4. The first-order valence-corrected chi connectivity index (χ1v) is 7.70. The van der Waals surface area contributed by atoms with E-state index in [0.717, 1.165) is 17.7 Å². The molecule has 0 amide bonds. The highest BCUT2D eigenvalue weighted by atomic mass is 35.5. The van der Waals surface area contributed by atoms with Gasteiger partial charge in [0.25, 0.3) is 0 Å². The topological polar surface area (TPSA) is 13.1 Å². The minimum atomic E-state index is -0.343. The molecule has 0 spiro atoms. The van der Waals surface area contributed by atoms with Gasteiger partial charge in [-0.25, -0.2) is 8.96 Å². The molecule has 2 aromatic carbocycles. The van der Waals surface area contributed by atoms with Crippen molar-refractivity contribution in [2.24, 2.45) is 0 Å². The molecule has 3 rings (SSSR count). The molecular formula is C20H19ClFNO. The van der Waals surface area contributed by atoms with Gasteiger partial charge in [0.15, 0.2) is 12.0 Å². The van der Waals surface area contributed by atoms with Gasteiger partial charge in [-0.2, -0.15) is 0 Å². The fourth-order valence-corrected chi connectivity index (χ4v) is 2.48. The SMILES string of the molecule is CC[n+]1cc(Oc2ccccc2)c(F)c(-c2cccc(C)c2)c1.[Cl-]. The van der Waals surface area contributed by atoms with Crippen LogP contribution in [0, 0.1) is 12.7 Å². The average Bonchev–Trinajstić information content (AvgIpc) is 2.57. The molecule has 124 valence electrons. The minimum Gasteiger partial charge on any atom is -1.00 e. The Balaban J connectivity index is 0.00000208. The summed E-state index contributed by atoms with van der Waals surface area (Å²) in [6.07, 6.45) is 3.52. The molecule has 1 heterocycles. The van der Waals surface area contributed by atoms with Gasteiger partial charge in [0.2, 0.25) is 11.9 Å². The summed E-state index contributed by atoms with van der Waals surface area (Å²) in [5, 5.41) is 0. The molecule has 0 aliphatic carbocycles. The lowest BCUT2D eigenvalue weighted by Crippen LogP contribution is -3.00. The van der Waals surface area contributed by atoms with Crippen molar-refractivity contribution < 1.29 is 26.1 Å². The minimum absolute atomic E-state index is 0. The Morgan fingerprint density at radius 3 is 2.42 bits per heavy atom. The number of rotatable bonds is 4. The molecule has 0 atom stereocenters. The number of ether oxygens (including phenoxy) is 1. The van der Waals surface area contributed by atoms with E-state index >= 15 is 0 Å². The highest BCUT2D eigenvalue weighted by molar-refractivity contribution is 5.65. The summed E-state index contributed by atoms with van der Waals surface area (Å²) in [4.78, 5) is 0. The van der Waals surface area contributed by atoms with Gasteiger partial charge < -0.3 is 17.1 Å². The van der Waals surface area contributed by atoms with Crippen LogP contribution in [0.15, 0.2) is 67.0 Å². The molecule has 0 unspecified atom stereocenters. The second-order valence-corrected chi connectivity index (χ2v) is 5.47. The molecule has 1 aromatic heterocycles. The van der Waals surface area contributed by atoms with Crippen LogP contribution in [-0.2, 0) is 6.54 Å². The van der Waals surface area contributed by atoms with Crippen molar-refractivity contribution >= 4 is 0 Å². The van der Waals surface area contributed by atoms with Gasteiger partial charge in [-0.3, -0.25) is 0 Å². The molecule has 0 aliphatic heterocycles. The molecule has 4 heteroatoms. The third-order valence-electron chi connectivity index (χ3n) is 3.70. The summed E-state index contributed by atoms with van der Waals surface area (Å²) in [7, 11) is 0. The Kier molecular flexibility index (Phi) is 5.93. The second kappa shape index (κ2) is 7.93. The lowest BCUT2D eigenvalue weighted by atomic mass is 10.0. The van der Waals surface area contributed by atoms with Crippen LogP contribution in [0.5, 0.6) is 11.5 Å². The van der Waals surface area contributed by atoms with Crippen LogP contribution in [0.1, 0.15) is 12.5 Å². The van der Waals surface area contributed by atoms with Crippen molar-refractivity contribution in [3.05, 3.63) is 78.4 Å². The van der Waals surface area contributed by atoms with Gasteiger partial charge in [0.1, 0.15) is 12.3 Å². The summed E-state index contributed by atoms with van der Waals surface area (Å²) < 4.78 is 22.6. The van der Waals surface area contributed by atoms with Gasteiger partial charge >= 0.3 is 0 Å². The zero-order valence-electron chi connectivity index (χ0n) is 13.7. The van der Waals surface area contributed by atoms with Gasteiger partial charge in [0, 0.05) is 0 Å². The molecule has 2 nitrogen and oxygen atoms in total. The Morgan fingerprint density at radius 1 is 1.00 bits per heavy atom. The Labute approximate surface area is 148 Å². The lowest BCUT2D eigenvalue weighted by molar-refractivity contribution is -0.693. The quantitative estimate of drug-likeness (QED) is 0.660. The molecule has 0 saturated carbocycles. The van der Waals surface area contributed by atoms with Crippen molar-refractivity contribution in [1.29, 1.82) is 0 Å². The number of para-hydroxylation sites is 1. The first-order valence-electron chi connectivity index (χ1n) is 7.70. The van der Waals surface area contributed by atoms with Crippen molar-refractivity contribution in [2.75, 3.05) is 0 Å². The smallest absolute Gasteiger partial charge is 0.227 e. The lowest BCUT2D eigenvalue weighted by Gasteiger charge is -2.09. The van der Waals surface area contributed by atoms with E-state index in [2.05, 4.69) is 0 Å². The molecule has 3 aromatic rings. The summed E-state index contributed by atoms with van der Waals surface area (Å²) in [6, 6.07) is 17.1. The standard InChI is InChI=1S/C20H19FNO.ClH/c1-3-22-13-18(16-9-7-8-15(2)12-16)20(21)19(14-22)23-17-10-5-4-6-11-17;/h4-14H,3H2,1-2H3;1H/q+1;/p-1. The molecule has 0 radical (unpaired) electrons. The molecule has 0 N–H and O–H groups in total. The average molecular weight is 344 g/mol. The van der Waals surface area contributed by atoms with Gasteiger partial charge in [-0.15, -0.1) is 0 Å². The fraction of sp³-hybridized carbons (Fsp3) is 0.150. The molecule has 0 fully saturated rings. The third-order valence-corrected chi connectivity index (χ3v) is 3.70. The number of benzene rings is 2. The largest absolute Gasteiger partial charge is 1.00 e. The first-order chi connectivity index (χ1) is 11.2. The Morgan fingerprint density at radius 2 is 1.75 bits per heavy atom. The van der Waals surface area contributed by atoms with Crippen LogP contribution in [0.25, 0.3) is 11.1 Å². The molecule has 0 saturated heterocycles. The number of pyridine rings is 1. The zero-order chi connectivity index (χ0) is 16.2. The second-order valence-electron chi connectivity index (χ2n) is 5.47. The van der Waals surface area contributed by atoms with Crippen molar-refractivity contribution in [3.63, 3.8) is 0 Å². The van der Waals surface area contributed by atoms with E-state index in [1.807, 2.05) is 79.2 Å². The number of halogens is 2. The van der Waals surface area contributed by atoms with E-state index in [0.29, 0.717) is 11.3 Å². The van der Waals surface area contributed by atoms with E-state index in [1.165, 1.54) is 0 Å². The molecule has 0 aliphatic rings. The predicted molar refractivity (Wildman–Crippen MR) is 89.0 cm³/mol. The third kappa shape index (κ3) is 3.92. The van der Waals surface area contributed by atoms with E-state index < -0.39 is 0 Å². The number of nitrogens with zero attached hydrogens (tertiary/aromatic N) is 1. The van der Waals surface area contributed by atoms with E-state index in [9.17, 15) is 4.39 Å². The fourth-order valence-electron chi connectivity index (χ4n) is 2.48. The summed E-state index contributed by atoms with van der Waals surface area (Å²) >= 11 is 0. The van der Waals surface area contributed by atoms with Crippen LogP contribution in [0.3, 0.4) is 0 Å². The summed E-state index contributed by atoms with van der Waals surface area (Å²) in [6.45, 7) is 4.76. The van der Waals surface area contributed by atoms with Crippen LogP contribution in [0.2, 0.25) is 0 Å². The number of hydrogen-bond donors (Lipinski definition) is 0. The van der Waals surface area contributed by atoms with Crippen molar-refractivity contribution in [2.45, 2.75) is 20.4 Å². The van der Waals surface area contributed by atoms with E-state index in [4.69, 9.17) is 4.74 Å². The first kappa shape index (κ1) is 18.0. The predicted octanol–water partition coefficient (Wildman–Crippen LogP) is 1.90. The Bertz CT molecular complexity index is 821. The van der Waals surface area contributed by atoms with Crippen molar-refractivity contribution in [3.8, 4) is 22.6 Å². The summed E-state index contributed by atoms with van der Waals surface area (Å²) in [5.41, 5.74) is 2.49. The maximum atomic E-state index is 15.0. The number of hydrogen-bond acceptors (Lipinski definition) is 1. The van der Waals surface area contributed by atoms with Crippen LogP contribution in [-0.4, -0.2) is 0 Å². The number of aromatic nitrogens is 1. The molecule has 0 bridgehead atoms. The van der Waals surface area contributed by atoms with Gasteiger partial charge in [0.05, 0.1) is 5.56 Å². The maximum Gasteiger partial charge on any atom is 0.227 e. The highest BCUT2D eigenvalue weighted by Gasteiger charge is 2.19. The maximum absolute atomic E-state index is 15.0. The summed E-state index contributed by atoms with van der Waals surface area (Å²) in [5.74, 6) is 0.511. The van der Waals surface area contributed by atoms with Crippen LogP contribution in [0.4, 0.5) is 4.39 Å². The molecule has 24 heavy (non-hydrogen) atoms. The monoisotopic (exact) mass is 343 g/mol. The van der Waals surface area contributed by atoms with Gasteiger partial charge in [-0.05, 0) is 31.5 Å². The van der Waals surface area contributed by atoms with E-state index in [1.54, 1.807) is 6.20 Å². The van der Waals surface area contributed by atoms with Crippen LogP contribution >= 0.6 is 0 Å². The van der Waals surface area contributed by atoms with Gasteiger partial charge in [-0.1, -0.05) is 48.0 Å².